The maximum absolute atomic E-state index is 5.70. The Morgan fingerprint density at radius 2 is 1.95 bits per heavy atom. The predicted octanol–water partition coefficient (Wildman–Crippen LogP) is 3.12. The first-order chi connectivity index (χ1) is 10.3. The molecule has 0 bridgehead atoms. The molecule has 1 N–H and O–H groups in total. The molecule has 0 aliphatic rings. The van der Waals surface area contributed by atoms with Crippen LogP contribution in [0.2, 0.25) is 0 Å². The molecule has 1 aromatic heterocycles. The van der Waals surface area contributed by atoms with Crippen LogP contribution in [-0.4, -0.2) is 38.4 Å². The van der Waals surface area contributed by atoms with Crippen molar-refractivity contribution in [2.24, 2.45) is 0 Å². The molecule has 0 amide bonds. The molecular formula is C16H22N2O2S. The summed E-state index contributed by atoms with van der Waals surface area (Å²) in [5.74, 6) is 0.894. The van der Waals surface area contributed by atoms with E-state index in [0.717, 1.165) is 48.1 Å². The van der Waals surface area contributed by atoms with E-state index in [4.69, 9.17) is 9.47 Å². The lowest BCUT2D eigenvalue weighted by molar-refractivity contribution is 0.193. The molecule has 1 aromatic carbocycles. The molecule has 0 atom stereocenters. The van der Waals surface area contributed by atoms with Gasteiger partial charge in [-0.15, -0.1) is 11.3 Å². The van der Waals surface area contributed by atoms with Gasteiger partial charge in [0.2, 0.25) is 0 Å². The Bertz CT molecular complexity index is 525. The number of methoxy groups -OCH3 is 1. The van der Waals surface area contributed by atoms with Crippen LogP contribution in [0.25, 0.3) is 10.6 Å². The van der Waals surface area contributed by atoms with Gasteiger partial charge in [0, 0.05) is 36.9 Å². The minimum absolute atomic E-state index is 0.669. The molecule has 0 aliphatic carbocycles. The molecule has 5 heteroatoms. The number of thiazole rings is 1. The molecule has 2 aromatic rings. The second-order valence-electron chi connectivity index (χ2n) is 4.76. The number of ether oxygens (including phenoxy) is 2. The number of nitrogens with one attached hydrogen (secondary N) is 1. The summed E-state index contributed by atoms with van der Waals surface area (Å²) in [5.41, 5.74) is 2.20. The Hall–Kier alpha value is -1.43. The van der Waals surface area contributed by atoms with Crippen molar-refractivity contribution >= 4 is 11.3 Å². The second-order valence-corrected chi connectivity index (χ2v) is 5.62. The van der Waals surface area contributed by atoms with Crippen LogP contribution in [0.4, 0.5) is 0 Å². The highest BCUT2D eigenvalue weighted by Gasteiger charge is 2.02. The van der Waals surface area contributed by atoms with E-state index in [1.54, 1.807) is 18.4 Å². The average molecular weight is 306 g/mol. The third kappa shape index (κ3) is 5.46. The quantitative estimate of drug-likeness (QED) is 0.723. The fraction of sp³-hybridized carbons (Fsp3) is 0.438. The van der Waals surface area contributed by atoms with Crippen molar-refractivity contribution in [1.29, 1.82) is 0 Å². The maximum Gasteiger partial charge on any atom is 0.123 e. The first kappa shape index (κ1) is 15.9. The lowest BCUT2D eigenvalue weighted by Crippen LogP contribution is -2.22. The van der Waals surface area contributed by atoms with Crippen molar-refractivity contribution < 1.29 is 9.47 Å². The monoisotopic (exact) mass is 306 g/mol. The van der Waals surface area contributed by atoms with Gasteiger partial charge in [-0.1, -0.05) is 0 Å². The minimum Gasteiger partial charge on any atom is -0.492 e. The summed E-state index contributed by atoms with van der Waals surface area (Å²) in [7, 11) is 1.72. The normalized spacial score (nSPS) is 10.8. The van der Waals surface area contributed by atoms with Crippen LogP contribution in [0.5, 0.6) is 5.75 Å². The van der Waals surface area contributed by atoms with Crippen molar-refractivity contribution in [2.75, 3.05) is 33.4 Å². The highest BCUT2D eigenvalue weighted by atomic mass is 32.1. The first-order valence-electron chi connectivity index (χ1n) is 7.14. The van der Waals surface area contributed by atoms with Crippen LogP contribution in [0.15, 0.2) is 29.6 Å². The molecule has 0 saturated heterocycles. The molecule has 0 radical (unpaired) electrons. The van der Waals surface area contributed by atoms with Gasteiger partial charge in [-0.3, -0.25) is 0 Å². The minimum atomic E-state index is 0.669. The van der Waals surface area contributed by atoms with Gasteiger partial charge in [-0.05, 0) is 44.2 Å². The van der Waals surface area contributed by atoms with Crippen molar-refractivity contribution in [2.45, 2.75) is 13.3 Å². The maximum atomic E-state index is 5.70. The van der Waals surface area contributed by atoms with Crippen molar-refractivity contribution in [1.82, 2.24) is 10.3 Å². The topological polar surface area (TPSA) is 43.4 Å². The van der Waals surface area contributed by atoms with E-state index in [9.17, 15) is 0 Å². The zero-order chi connectivity index (χ0) is 14.9. The van der Waals surface area contributed by atoms with Crippen LogP contribution >= 0.6 is 11.3 Å². The zero-order valence-corrected chi connectivity index (χ0v) is 13.4. The van der Waals surface area contributed by atoms with E-state index in [1.807, 2.05) is 19.1 Å². The molecule has 0 aliphatic heterocycles. The Morgan fingerprint density at radius 3 is 2.62 bits per heavy atom. The third-order valence-electron chi connectivity index (χ3n) is 2.97. The summed E-state index contributed by atoms with van der Waals surface area (Å²) in [5, 5.41) is 6.44. The molecular weight excluding hydrogens is 284 g/mol. The molecule has 21 heavy (non-hydrogen) atoms. The Morgan fingerprint density at radius 1 is 1.14 bits per heavy atom. The van der Waals surface area contributed by atoms with E-state index >= 15 is 0 Å². The van der Waals surface area contributed by atoms with Crippen LogP contribution in [-0.2, 0) is 4.74 Å². The van der Waals surface area contributed by atoms with E-state index < -0.39 is 0 Å². The lowest BCUT2D eigenvalue weighted by Gasteiger charge is -2.08. The summed E-state index contributed by atoms with van der Waals surface area (Å²) in [6.07, 6.45) is 1.03. The van der Waals surface area contributed by atoms with Crippen molar-refractivity contribution in [3.05, 3.63) is 35.3 Å². The van der Waals surface area contributed by atoms with Gasteiger partial charge >= 0.3 is 0 Å². The smallest absolute Gasteiger partial charge is 0.123 e. The van der Waals surface area contributed by atoms with E-state index in [0.29, 0.717) is 6.61 Å². The molecule has 2 rings (SSSR count). The standard InChI is InChI=1S/C16H22N2O2S/c1-13-12-21-16(18-13)14-4-6-15(7-5-14)20-11-9-17-8-3-10-19-2/h4-7,12,17H,3,8-11H2,1-2H3. The summed E-state index contributed by atoms with van der Waals surface area (Å²) >= 11 is 1.67. The summed E-state index contributed by atoms with van der Waals surface area (Å²) in [4.78, 5) is 4.48. The van der Waals surface area contributed by atoms with Crippen molar-refractivity contribution in [3.63, 3.8) is 0 Å². The summed E-state index contributed by atoms with van der Waals surface area (Å²) < 4.78 is 10.7. The van der Waals surface area contributed by atoms with Gasteiger partial charge in [0.25, 0.3) is 0 Å². The van der Waals surface area contributed by atoms with Gasteiger partial charge < -0.3 is 14.8 Å². The number of hydrogen-bond acceptors (Lipinski definition) is 5. The number of aromatic nitrogens is 1. The number of benzene rings is 1. The zero-order valence-electron chi connectivity index (χ0n) is 12.6. The second kappa shape index (κ2) is 8.77. The van der Waals surface area contributed by atoms with Gasteiger partial charge in [-0.2, -0.15) is 0 Å². The van der Waals surface area contributed by atoms with Gasteiger partial charge in [0.1, 0.15) is 17.4 Å². The first-order valence-corrected chi connectivity index (χ1v) is 8.02. The van der Waals surface area contributed by atoms with Crippen LogP contribution in [0.1, 0.15) is 12.1 Å². The van der Waals surface area contributed by atoms with Gasteiger partial charge in [0.05, 0.1) is 0 Å². The Labute approximate surface area is 130 Å². The molecule has 114 valence electrons. The fourth-order valence-corrected chi connectivity index (χ4v) is 2.69. The Balaban J connectivity index is 1.70. The Kier molecular flexibility index (Phi) is 6.66. The summed E-state index contributed by atoms with van der Waals surface area (Å²) in [6, 6.07) is 8.10. The highest BCUT2D eigenvalue weighted by molar-refractivity contribution is 7.13. The van der Waals surface area contributed by atoms with E-state index in [-0.39, 0.29) is 0 Å². The average Bonchev–Trinajstić information content (AvgIpc) is 2.93. The third-order valence-corrected chi connectivity index (χ3v) is 3.98. The van der Waals surface area contributed by atoms with E-state index in [1.165, 1.54) is 0 Å². The number of aryl methyl sites for hydroxylation is 1. The summed E-state index contributed by atoms with van der Waals surface area (Å²) in [6.45, 7) is 5.28. The molecule has 1 heterocycles. The van der Waals surface area contributed by atoms with Gasteiger partial charge in [-0.25, -0.2) is 4.98 Å². The molecule has 0 fully saturated rings. The molecule has 0 saturated carbocycles. The molecule has 0 unspecified atom stereocenters. The SMILES string of the molecule is COCCCNCCOc1ccc(-c2nc(C)cs2)cc1. The highest BCUT2D eigenvalue weighted by Crippen LogP contribution is 2.25. The fourth-order valence-electron chi connectivity index (χ4n) is 1.89. The van der Waals surface area contributed by atoms with Crippen LogP contribution in [0, 0.1) is 6.92 Å². The number of rotatable bonds is 9. The molecule has 4 nitrogen and oxygen atoms in total. The number of nitrogens with zero attached hydrogens (tertiary/aromatic N) is 1. The lowest BCUT2D eigenvalue weighted by atomic mass is 10.2. The van der Waals surface area contributed by atoms with Crippen LogP contribution < -0.4 is 10.1 Å². The number of hydrogen-bond donors (Lipinski definition) is 1. The predicted molar refractivity (Wildman–Crippen MR) is 87.1 cm³/mol. The van der Waals surface area contributed by atoms with E-state index in [2.05, 4.69) is 27.8 Å². The largest absolute Gasteiger partial charge is 0.492 e. The molecule has 0 spiro atoms. The van der Waals surface area contributed by atoms with Gasteiger partial charge in [0.15, 0.2) is 0 Å². The van der Waals surface area contributed by atoms with Crippen LogP contribution in [0.3, 0.4) is 0 Å². The van der Waals surface area contributed by atoms with Crippen molar-refractivity contribution in [3.8, 4) is 16.3 Å².